The molecule has 1 aromatic rings. The van der Waals surface area contributed by atoms with Gasteiger partial charge in [-0.15, -0.1) is 0 Å². The summed E-state index contributed by atoms with van der Waals surface area (Å²) in [5.74, 6) is 3.72. The fraction of sp³-hybridized carbons (Fsp3) is 0.579. The molecule has 3 aliphatic rings. The van der Waals surface area contributed by atoms with E-state index in [1.54, 1.807) is 7.11 Å². The quantitative estimate of drug-likeness (QED) is 0.851. The number of fused-ring (bicyclic) bond motifs is 2. The molecule has 0 unspecified atom stereocenters. The molecular formula is C19H27N2O+. The van der Waals surface area contributed by atoms with Crippen molar-refractivity contribution >= 4 is 5.69 Å². The van der Waals surface area contributed by atoms with Crippen LogP contribution in [0.15, 0.2) is 36.4 Å². The number of nitrogens with one attached hydrogen (secondary N) is 1. The number of ether oxygens (including phenoxy) is 1. The number of benzene rings is 1. The predicted octanol–water partition coefficient (Wildman–Crippen LogP) is 1.61. The van der Waals surface area contributed by atoms with E-state index in [4.69, 9.17) is 4.74 Å². The van der Waals surface area contributed by atoms with Crippen molar-refractivity contribution in [2.75, 3.05) is 44.7 Å². The van der Waals surface area contributed by atoms with Gasteiger partial charge in [0, 0.05) is 17.7 Å². The fourth-order valence-electron chi connectivity index (χ4n) is 4.59. The van der Waals surface area contributed by atoms with Crippen molar-refractivity contribution in [1.82, 2.24) is 0 Å². The largest absolute Gasteiger partial charge is 0.497 e. The number of methoxy groups -OCH3 is 1. The van der Waals surface area contributed by atoms with Crippen LogP contribution in [0.2, 0.25) is 0 Å². The molecule has 3 atom stereocenters. The SMILES string of the molecule is COc1cccc(N2CC[NH+](C[C@H]3C[C@@H]4C=C[C@H]3C4)CC2)c1. The van der Waals surface area contributed by atoms with Crippen molar-refractivity contribution in [2.45, 2.75) is 12.8 Å². The first-order valence-electron chi connectivity index (χ1n) is 8.73. The summed E-state index contributed by atoms with van der Waals surface area (Å²) in [7, 11) is 1.74. The second-order valence-corrected chi connectivity index (χ2v) is 7.18. The lowest BCUT2D eigenvalue weighted by Crippen LogP contribution is -3.15. The predicted molar refractivity (Wildman–Crippen MR) is 89.6 cm³/mol. The normalized spacial score (nSPS) is 31.0. The summed E-state index contributed by atoms with van der Waals surface area (Å²) in [6.07, 6.45) is 7.83. The smallest absolute Gasteiger partial charge is 0.120 e. The molecule has 118 valence electrons. The molecule has 22 heavy (non-hydrogen) atoms. The van der Waals surface area contributed by atoms with Gasteiger partial charge in [0.15, 0.2) is 0 Å². The van der Waals surface area contributed by atoms with Crippen LogP contribution in [0.25, 0.3) is 0 Å². The van der Waals surface area contributed by atoms with Crippen LogP contribution in [0, 0.1) is 17.8 Å². The second kappa shape index (κ2) is 5.96. The van der Waals surface area contributed by atoms with E-state index < -0.39 is 0 Å². The Morgan fingerprint density at radius 2 is 2.05 bits per heavy atom. The maximum absolute atomic E-state index is 5.35. The summed E-state index contributed by atoms with van der Waals surface area (Å²) in [5, 5.41) is 0. The molecule has 1 saturated carbocycles. The number of allylic oxidation sites excluding steroid dienone is 2. The Morgan fingerprint density at radius 1 is 1.18 bits per heavy atom. The lowest BCUT2D eigenvalue weighted by Gasteiger charge is -2.35. The molecule has 2 aliphatic carbocycles. The van der Waals surface area contributed by atoms with Gasteiger partial charge in [-0.1, -0.05) is 18.2 Å². The highest BCUT2D eigenvalue weighted by Crippen LogP contribution is 2.42. The molecule has 1 aliphatic heterocycles. The van der Waals surface area contributed by atoms with Gasteiger partial charge < -0.3 is 14.5 Å². The van der Waals surface area contributed by atoms with Crippen molar-refractivity contribution in [3.05, 3.63) is 36.4 Å². The van der Waals surface area contributed by atoms with E-state index in [2.05, 4.69) is 35.3 Å². The molecule has 1 saturated heterocycles. The molecular weight excluding hydrogens is 272 g/mol. The minimum Gasteiger partial charge on any atom is -0.497 e. The van der Waals surface area contributed by atoms with Crippen molar-refractivity contribution < 1.29 is 9.64 Å². The monoisotopic (exact) mass is 299 g/mol. The molecule has 4 rings (SSSR count). The Bertz CT molecular complexity index is 548. The first-order valence-corrected chi connectivity index (χ1v) is 8.73. The summed E-state index contributed by atoms with van der Waals surface area (Å²) in [5.41, 5.74) is 1.31. The number of anilines is 1. The molecule has 3 nitrogen and oxygen atoms in total. The minimum atomic E-state index is 0.897. The zero-order chi connectivity index (χ0) is 14.9. The lowest BCUT2D eigenvalue weighted by atomic mass is 9.93. The molecule has 0 aromatic heterocycles. The average molecular weight is 299 g/mol. The van der Waals surface area contributed by atoms with E-state index in [9.17, 15) is 0 Å². The summed E-state index contributed by atoms with van der Waals surface area (Å²) < 4.78 is 5.35. The van der Waals surface area contributed by atoms with Gasteiger partial charge >= 0.3 is 0 Å². The number of hydrogen-bond acceptors (Lipinski definition) is 2. The Labute approximate surface area is 133 Å². The molecule has 1 heterocycles. The zero-order valence-corrected chi connectivity index (χ0v) is 13.5. The van der Waals surface area contributed by atoms with Crippen LogP contribution in [0.4, 0.5) is 5.69 Å². The van der Waals surface area contributed by atoms with Gasteiger partial charge in [0.05, 0.1) is 39.8 Å². The first kappa shape index (κ1) is 14.1. The topological polar surface area (TPSA) is 16.9 Å². The maximum Gasteiger partial charge on any atom is 0.120 e. The molecule has 0 amide bonds. The molecule has 2 bridgehead atoms. The first-order chi connectivity index (χ1) is 10.8. The van der Waals surface area contributed by atoms with E-state index in [1.807, 2.05) is 11.0 Å². The third-order valence-electron chi connectivity index (χ3n) is 5.86. The summed E-state index contributed by atoms with van der Waals surface area (Å²) in [4.78, 5) is 4.32. The molecule has 0 spiro atoms. The maximum atomic E-state index is 5.35. The highest BCUT2D eigenvalue weighted by molar-refractivity contribution is 5.50. The van der Waals surface area contributed by atoms with Crippen molar-refractivity contribution in [2.24, 2.45) is 17.8 Å². The van der Waals surface area contributed by atoms with Gasteiger partial charge in [-0.2, -0.15) is 0 Å². The van der Waals surface area contributed by atoms with Gasteiger partial charge in [-0.05, 0) is 36.8 Å². The lowest BCUT2D eigenvalue weighted by molar-refractivity contribution is -0.904. The van der Waals surface area contributed by atoms with Crippen molar-refractivity contribution in [1.29, 1.82) is 0 Å². The van der Waals surface area contributed by atoms with Crippen LogP contribution in [-0.2, 0) is 0 Å². The fourth-order valence-corrected chi connectivity index (χ4v) is 4.59. The number of piperazine rings is 1. The highest BCUT2D eigenvalue weighted by atomic mass is 16.5. The molecule has 1 aromatic carbocycles. The number of rotatable bonds is 4. The second-order valence-electron chi connectivity index (χ2n) is 7.18. The van der Waals surface area contributed by atoms with E-state index >= 15 is 0 Å². The van der Waals surface area contributed by atoms with Crippen LogP contribution in [-0.4, -0.2) is 39.8 Å². The van der Waals surface area contributed by atoms with Crippen LogP contribution in [0.5, 0.6) is 5.75 Å². The van der Waals surface area contributed by atoms with Crippen LogP contribution < -0.4 is 14.5 Å². The summed E-state index contributed by atoms with van der Waals surface area (Å²) in [6, 6.07) is 8.47. The molecule has 1 N–H and O–H groups in total. The van der Waals surface area contributed by atoms with Crippen LogP contribution in [0.1, 0.15) is 12.8 Å². The Morgan fingerprint density at radius 3 is 2.73 bits per heavy atom. The molecule has 3 heteroatoms. The van der Waals surface area contributed by atoms with Gasteiger partial charge in [0.2, 0.25) is 0 Å². The summed E-state index contributed by atoms with van der Waals surface area (Å²) >= 11 is 0. The standard InChI is InChI=1S/C19H26N2O/c1-22-19-4-2-3-18(13-19)21-9-7-20(8-10-21)14-17-12-15-5-6-16(17)11-15/h2-6,13,15-17H,7-12,14H2,1H3/p+1/t15-,16+,17-/m1/s1. The Hall–Kier alpha value is -1.48. The number of quaternary nitrogens is 1. The number of nitrogens with zero attached hydrogens (tertiary/aromatic N) is 1. The minimum absolute atomic E-state index is 0.897. The van der Waals surface area contributed by atoms with Crippen molar-refractivity contribution in [3.63, 3.8) is 0 Å². The van der Waals surface area contributed by atoms with E-state index in [0.717, 1.165) is 23.5 Å². The van der Waals surface area contributed by atoms with Crippen LogP contribution >= 0.6 is 0 Å². The number of hydrogen-bond donors (Lipinski definition) is 1. The molecule has 2 fully saturated rings. The third-order valence-corrected chi connectivity index (χ3v) is 5.86. The van der Waals surface area contributed by atoms with Crippen molar-refractivity contribution in [3.8, 4) is 5.75 Å². The van der Waals surface area contributed by atoms with E-state index in [1.165, 1.54) is 51.3 Å². The average Bonchev–Trinajstić information content (AvgIpc) is 3.18. The van der Waals surface area contributed by atoms with Gasteiger partial charge in [0.1, 0.15) is 5.75 Å². The highest BCUT2D eigenvalue weighted by Gasteiger charge is 2.38. The van der Waals surface area contributed by atoms with Crippen LogP contribution in [0.3, 0.4) is 0 Å². The van der Waals surface area contributed by atoms with Gasteiger partial charge in [-0.3, -0.25) is 0 Å². The van der Waals surface area contributed by atoms with E-state index in [0.29, 0.717) is 0 Å². The molecule has 0 radical (unpaired) electrons. The zero-order valence-electron chi connectivity index (χ0n) is 13.5. The van der Waals surface area contributed by atoms with Gasteiger partial charge in [0.25, 0.3) is 0 Å². The Balaban J connectivity index is 1.31. The summed E-state index contributed by atoms with van der Waals surface area (Å²) in [6.45, 7) is 6.26. The van der Waals surface area contributed by atoms with E-state index in [-0.39, 0.29) is 0 Å². The third kappa shape index (κ3) is 2.74. The van der Waals surface area contributed by atoms with Gasteiger partial charge in [-0.25, -0.2) is 0 Å². The Kier molecular flexibility index (Phi) is 3.83.